The topological polar surface area (TPSA) is 46.3 Å². The van der Waals surface area contributed by atoms with Crippen molar-refractivity contribution >= 4 is 24.0 Å². The molecule has 0 aliphatic heterocycles. The molecule has 4 heteroatoms. The number of benzene rings is 2. The zero-order valence-corrected chi connectivity index (χ0v) is 10.6. The van der Waals surface area contributed by atoms with E-state index in [0.29, 0.717) is 12.1 Å². The van der Waals surface area contributed by atoms with E-state index >= 15 is 0 Å². The van der Waals surface area contributed by atoms with Gasteiger partial charge in [-0.25, -0.2) is 10.9 Å². The lowest BCUT2D eigenvalue weighted by Gasteiger charge is -2.16. The number of para-hydroxylation sites is 1. The first-order valence-electron chi connectivity index (χ1n) is 5.44. The summed E-state index contributed by atoms with van der Waals surface area (Å²) in [5, 5.41) is 1.19. The van der Waals surface area contributed by atoms with Gasteiger partial charge in [0.2, 0.25) is 5.91 Å². The van der Waals surface area contributed by atoms with Crippen LogP contribution in [0.1, 0.15) is 5.56 Å². The fraction of sp³-hybridized carbons (Fsp3) is 0.0714. The van der Waals surface area contributed by atoms with Gasteiger partial charge in [0.25, 0.3) is 0 Å². The van der Waals surface area contributed by atoms with Gasteiger partial charge in [0, 0.05) is 0 Å². The van der Waals surface area contributed by atoms with Crippen LogP contribution in [0.2, 0.25) is 0 Å². The number of halogens is 1. The highest BCUT2D eigenvalue weighted by Crippen LogP contribution is 2.11. The normalized spacial score (nSPS) is 9.39. The first-order chi connectivity index (χ1) is 8.27. The molecule has 0 saturated carbocycles. The first-order valence-corrected chi connectivity index (χ1v) is 5.44. The van der Waals surface area contributed by atoms with Crippen LogP contribution in [0, 0.1) is 0 Å². The lowest BCUT2D eigenvalue weighted by atomic mass is 10.1. The van der Waals surface area contributed by atoms with E-state index in [-0.39, 0.29) is 18.3 Å². The van der Waals surface area contributed by atoms with Gasteiger partial charge in [-0.2, -0.15) is 0 Å². The zero-order chi connectivity index (χ0) is 12.1. The third kappa shape index (κ3) is 3.58. The number of hydrogen-bond acceptors (Lipinski definition) is 2. The van der Waals surface area contributed by atoms with Crippen LogP contribution < -0.4 is 10.9 Å². The smallest absolute Gasteiger partial charge is 0.245 e. The Morgan fingerprint density at radius 1 is 0.944 bits per heavy atom. The third-order valence-corrected chi connectivity index (χ3v) is 2.50. The summed E-state index contributed by atoms with van der Waals surface area (Å²) in [5.74, 6) is 5.65. The Balaban J connectivity index is 0.00000162. The van der Waals surface area contributed by atoms with Crippen molar-refractivity contribution in [2.24, 2.45) is 5.84 Å². The summed E-state index contributed by atoms with van der Waals surface area (Å²) >= 11 is 0. The third-order valence-electron chi connectivity index (χ3n) is 2.50. The van der Waals surface area contributed by atoms with E-state index in [1.807, 2.05) is 60.7 Å². The minimum absolute atomic E-state index is 0. The highest BCUT2D eigenvalue weighted by molar-refractivity contribution is 5.93. The average Bonchev–Trinajstić information content (AvgIpc) is 2.40. The summed E-state index contributed by atoms with van der Waals surface area (Å²) in [6, 6.07) is 18.8. The molecule has 0 atom stereocenters. The minimum atomic E-state index is -0.123. The van der Waals surface area contributed by atoms with E-state index in [1.54, 1.807) is 0 Å². The number of hydrogen-bond donors (Lipinski definition) is 1. The molecule has 0 aliphatic carbocycles. The maximum absolute atomic E-state index is 11.9. The second-order valence-electron chi connectivity index (χ2n) is 3.76. The predicted octanol–water partition coefficient (Wildman–Crippen LogP) is 2.56. The lowest BCUT2D eigenvalue weighted by molar-refractivity contribution is -0.118. The van der Waals surface area contributed by atoms with Crippen LogP contribution in [0.3, 0.4) is 0 Å². The van der Waals surface area contributed by atoms with Crippen molar-refractivity contribution in [3.05, 3.63) is 66.2 Å². The zero-order valence-electron chi connectivity index (χ0n) is 9.82. The van der Waals surface area contributed by atoms with Crippen LogP contribution in [0.25, 0.3) is 0 Å². The van der Waals surface area contributed by atoms with Gasteiger partial charge < -0.3 is 0 Å². The number of nitrogens with zero attached hydrogens (tertiary/aromatic N) is 1. The number of carbonyl (C=O) groups is 1. The van der Waals surface area contributed by atoms with Gasteiger partial charge in [-0.3, -0.25) is 4.79 Å². The van der Waals surface area contributed by atoms with Gasteiger partial charge in [0.1, 0.15) is 0 Å². The number of carbonyl (C=O) groups excluding carboxylic acids is 1. The van der Waals surface area contributed by atoms with E-state index in [9.17, 15) is 4.79 Å². The Morgan fingerprint density at radius 3 is 2.00 bits per heavy atom. The van der Waals surface area contributed by atoms with Crippen molar-refractivity contribution in [1.29, 1.82) is 0 Å². The number of hydrazine groups is 1. The SMILES string of the molecule is Cl.NN(C(=O)Cc1ccccc1)c1ccccc1. The van der Waals surface area contributed by atoms with Crippen LogP contribution in [0.4, 0.5) is 5.69 Å². The summed E-state index contributed by atoms with van der Waals surface area (Å²) in [7, 11) is 0. The molecule has 2 aromatic carbocycles. The van der Waals surface area contributed by atoms with Crippen molar-refractivity contribution in [2.75, 3.05) is 5.01 Å². The van der Waals surface area contributed by atoms with Crippen molar-refractivity contribution in [3.8, 4) is 0 Å². The average molecular weight is 263 g/mol. The molecular formula is C14H15ClN2O. The Hall–Kier alpha value is -1.84. The second-order valence-corrected chi connectivity index (χ2v) is 3.76. The summed E-state index contributed by atoms with van der Waals surface area (Å²) in [4.78, 5) is 11.9. The minimum Gasteiger partial charge on any atom is -0.273 e. The van der Waals surface area contributed by atoms with Gasteiger partial charge >= 0.3 is 0 Å². The standard InChI is InChI=1S/C14H14N2O.ClH/c15-16(13-9-5-2-6-10-13)14(17)11-12-7-3-1-4-8-12;/h1-10H,11,15H2;1H. The van der Waals surface area contributed by atoms with Crippen LogP contribution in [-0.2, 0) is 11.2 Å². The van der Waals surface area contributed by atoms with Crippen LogP contribution in [0.15, 0.2) is 60.7 Å². The maximum Gasteiger partial charge on any atom is 0.245 e. The molecule has 0 heterocycles. The summed E-state index contributed by atoms with van der Waals surface area (Å²) < 4.78 is 0. The van der Waals surface area contributed by atoms with E-state index in [4.69, 9.17) is 5.84 Å². The molecule has 0 radical (unpaired) electrons. The second kappa shape index (κ2) is 6.79. The van der Waals surface area contributed by atoms with Gasteiger partial charge in [-0.15, -0.1) is 12.4 Å². The lowest BCUT2D eigenvalue weighted by Crippen LogP contribution is -2.38. The highest BCUT2D eigenvalue weighted by atomic mass is 35.5. The summed E-state index contributed by atoms with van der Waals surface area (Å²) in [6.45, 7) is 0. The molecule has 2 rings (SSSR count). The highest BCUT2D eigenvalue weighted by Gasteiger charge is 2.11. The molecule has 2 aromatic rings. The van der Waals surface area contributed by atoms with Gasteiger partial charge in [0.15, 0.2) is 0 Å². The molecule has 0 aromatic heterocycles. The van der Waals surface area contributed by atoms with Gasteiger partial charge in [0.05, 0.1) is 12.1 Å². The largest absolute Gasteiger partial charge is 0.273 e. The molecule has 0 spiro atoms. The molecule has 0 saturated heterocycles. The molecule has 18 heavy (non-hydrogen) atoms. The van der Waals surface area contributed by atoms with Crippen molar-refractivity contribution in [1.82, 2.24) is 0 Å². The summed E-state index contributed by atoms with van der Waals surface area (Å²) in [5.41, 5.74) is 1.66. The van der Waals surface area contributed by atoms with Crippen LogP contribution in [0.5, 0.6) is 0 Å². The van der Waals surface area contributed by atoms with Gasteiger partial charge in [-0.05, 0) is 17.7 Å². The molecule has 94 valence electrons. The Labute approximate surface area is 113 Å². The predicted molar refractivity (Wildman–Crippen MR) is 75.5 cm³/mol. The fourth-order valence-electron chi connectivity index (χ4n) is 1.59. The van der Waals surface area contributed by atoms with Crippen LogP contribution >= 0.6 is 12.4 Å². The molecule has 0 bridgehead atoms. The number of rotatable bonds is 3. The number of nitrogens with two attached hydrogens (primary N) is 1. The van der Waals surface area contributed by atoms with Crippen molar-refractivity contribution in [2.45, 2.75) is 6.42 Å². The Kier molecular flexibility index (Phi) is 5.36. The molecule has 0 fully saturated rings. The van der Waals surface area contributed by atoms with Gasteiger partial charge in [-0.1, -0.05) is 48.5 Å². The molecule has 3 nitrogen and oxygen atoms in total. The summed E-state index contributed by atoms with van der Waals surface area (Å²) in [6.07, 6.45) is 0.312. The van der Waals surface area contributed by atoms with E-state index in [1.165, 1.54) is 5.01 Å². The quantitative estimate of drug-likeness (QED) is 0.525. The van der Waals surface area contributed by atoms with E-state index in [0.717, 1.165) is 5.56 Å². The van der Waals surface area contributed by atoms with Crippen molar-refractivity contribution < 1.29 is 4.79 Å². The maximum atomic E-state index is 11.9. The molecule has 2 N–H and O–H groups in total. The monoisotopic (exact) mass is 262 g/mol. The first kappa shape index (κ1) is 14.2. The Morgan fingerprint density at radius 2 is 1.44 bits per heavy atom. The molecule has 0 unspecified atom stereocenters. The molecule has 0 aliphatic rings. The van der Waals surface area contributed by atoms with E-state index < -0.39 is 0 Å². The fourth-order valence-corrected chi connectivity index (χ4v) is 1.59. The van der Waals surface area contributed by atoms with Crippen LogP contribution in [-0.4, -0.2) is 5.91 Å². The molecular weight excluding hydrogens is 248 g/mol. The van der Waals surface area contributed by atoms with Crippen molar-refractivity contribution in [3.63, 3.8) is 0 Å². The Bertz CT molecular complexity index is 488. The molecule has 1 amide bonds. The van der Waals surface area contributed by atoms with E-state index in [2.05, 4.69) is 0 Å². The number of anilines is 1. The number of amides is 1.